The van der Waals surface area contributed by atoms with Crippen molar-refractivity contribution in [2.75, 3.05) is 18.0 Å². The van der Waals surface area contributed by atoms with Crippen molar-refractivity contribution in [3.05, 3.63) is 57.7 Å². The van der Waals surface area contributed by atoms with Crippen molar-refractivity contribution in [2.45, 2.75) is 6.61 Å². The molecule has 0 bridgehead atoms. The van der Waals surface area contributed by atoms with Crippen LogP contribution in [0.3, 0.4) is 0 Å². The molecule has 3 heteroatoms. The quantitative estimate of drug-likeness (QED) is 0.615. The van der Waals surface area contributed by atoms with Gasteiger partial charge in [0.25, 0.3) is 0 Å². The van der Waals surface area contributed by atoms with Gasteiger partial charge >= 0.3 is 0 Å². The third kappa shape index (κ3) is 2.96. The number of benzene rings is 2. The average molecular weight is 351 g/mol. The summed E-state index contributed by atoms with van der Waals surface area (Å²) < 4.78 is 7.01. The van der Waals surface area contributed by atoms with Gasteiger partial charge in [-0.15, -0.1) is 0 Å². The third-order valence-electron chi connectivity index (χ3n) is 2.94. The zero-order valence-corrected chi connectivity index (χ0v) is 12.1. The Hall–Kier alpha value is -1.23. The molecule has 0 spiro atoms. The van der Waals surface area contributed by atoms with E-state index in [1.807, 2.05) is 12.1 Å². The lowest BCUT2D eigenvalue weighted by atomic mass is 10.2. The molecule has 2 nitrogen and oxygen atoms in total. The lowest BCUT2D eigenvalue weighted by molar-refractivity contribution is 0.306. The summed E-state index contributed by atoms with van der Waals surface area (Å²) in [6, 6.07) is 16.7. The summed E-state index contributed by atoms with van der Waals surface area (Å²) in [7, 11) is 0. The van der Waals surface area contributed by atoms with Crippen LogP contribution < -0.4 is 9.64 Å². The molecule has 1 aliphatic heterocycles. The number of anilines is 1. The second-order valence-corrected chi connectivity index (χ2v) is 5.65. The van der Waals surface area contributed by atoms with Gasteiger partial charge in [0, 0.05) is 22.3 Å². The van der Waals surface area contributed by atoms with Gasteiger partial charge in [-0.3, -0.25) is 0 Å². The minimum absolute atomic E-state index is 0.627. The van der Waals surface area contributed by atoms with Crippen LogP contribution in [-0.4, -0.2) is 13.1 Å². The SMILES string of the molecule is Ic1ccc(OCc2cccc(N3CC3)c2)cc1. The standard InChI is InChI=1S/C15H14INO/c16-13-4-6-15(7-5-13)18-11-12-2-1-3-14(10-12)17-8-9-17/h1-7,10H,8-9,11H2. The average Bonchev–Trinajstić information content (AvgIpc) is 3.23. The Kier molecular flexibility index (Phi) is 3.41. The fourth-order valence-corrected chi connectivity index (χ4v) is 2.21. The van der Waals surface area contributed by atoms with E-state index in [9.17, 15) is 0 Å². The number of hydrogen-bond donors (Lipinski definition) is 0. The number of ether oxygens (including phenoxy) is 1. The van der Waals surface area contributed by atoms with Crippen LogP contribution in [0.15, 0.2) is 48.5 Å². The predicted octanol–water partition coefficient (Wildman–Crippen LogP) is 3.69. The topological polar surface area (TPSA) is 12.2 Å². The normalized spacial score (nSPS) is 13.5. The summed E-state index contributed by atoms with van der Waals surface area (Å²) in [5.41, 5.74) is 2.52. The smallest absolute Gasteiger partial charge is 0.119 e. The highest BCUT2D eigenvalue weighted by Gasteiger charge is 2.17. The summed E-state index contributed by atoms with van der Waals surface area (Å²) in [5, 5.41) is 0. The molecule has 0 radical (unpaired) electrons. The molecule has 0 aromatic heterocycles. The van der Waals surface area contributed by atoms with Crippen LogP contribution in [0.25, 0.3) is 0 Å². The van der Waals surface area contributed by atoms with Crippen LogP contribution in [0.2, 0.25) is 0 Å². The highest BCUT2D eigenvalue weighted by Crippen LogP contribution is 2.22. The van der Waals surface area contributed by atoms with Crippen LogP contribution in [-0.2, 0) is 6.61 Å². The molecule has 2 aromatic rings. The molecule has 0 N–H and O–H groups in total. The van der Waals surface area contributed by atoms with E-state index >= 15 is 0 Å². The van der Waals surface area contributed by atoms with Gasteiger partial charge in [0.2, 0.25) is 0 Å². The minimum Gasteiger partial charge on any atom is -0.489 e. The lowest BCUT2D eigenvalue weighted by Crippen LogP contribution is -1.97. The second kappa shape index (κ2) is 5.18. The van der Waals surface area contributed by atoms with E-state index in [1.165, 1.54) is 27.9 Å². The fraction of sp³-hybridized carbons (Fsp3) is 0.200. The van der Waals surface area contributed by atoms with E-state index in [0.29, 0.717) is 6.61 Å². The molecular formula is C15H14INO. The van der Waals surface area contributed by atoms with Crippen molar-refractivity contribution in [1.29, 1.82) is 0 Å². The zero-order valence-electron chi connectivity index (χ0n) is 9.97. The summed E-state index contributed by atoms with van der Waals surface area (Å²) in [5.74, 6) is 0.924. The molecule has 1 heterocycles. The first-order valence-corrected chi connectivity index (χ1v) is 7.11. The highest BCUT2D eigenvalue weighted by molar-refractivity contribution is 14.1. The van der Waals surface area contributed by atoms with Crippen molar-refractivity contribution in [3.8, 4) is 5.75 Å². The van der Waals surface area contributed by atoms with E-state index in [2.05, 4.69) is 63.9 Å². The van der Waals surface area contributed by atoms with Gasteiger partial charge in [-0.05, 0) is 64.6 Å². The Bertz CT molecular complexity index is 534. The Labute approximate surface area is 121 Å². The lowest BCUT2D eigenvalue weighted by Gasteiger charge is -2.08. The predicted molar refractivity (Wildman–Crippen MR) is 82.1 cm³/mol. The van der Waals surface area contributed by atoms with E-state index in [-0.39, 0.29) is 0 Å². The molecule has 18 heavy (non-hydrogen) atoms. The first-order chi connectivity index (χ1) is 8.81. The zero-order chi connectivity index (χ0) is 12.4. The molecule has 2 aromatic carbocycles. The van der Waals surface area contributed by atoms with E-state index in [0.717, 1.165) is 5.75 Å². The number of hydrogen-bond acceptors (Lipinski definition) is 2. The molecule has 92 valence electrons. The van der Waals surface area contributed by atoms with Gasteiger partial charge in [-0.2, -0.15) is 0 Å². The van der Waals surface area contributed by atoms with Crippen LogP contribution in [0.1, 0.15) is 5.56 Å². The Morgan fingerprint density at radius 3 is 2.56 bits per heavy atom. The van der Waals surface area contributed by atoms with E-state index < -0.39 is 0 Å². The fourth-order valence-electron chi connectivity index (χ4n) is 1.85. The van der Waals surface area contributed by atoms with E-state index in [1.54, 1.807) is 0 Å². The molecule has 0 amide bonds. The Balaban J connectivity index is 1.65. The molecule has 1 saturated heterocycles. The number of rotatable bonds is 4. The summed E-state index contributed by atoms with van der Waals surface area (Å²) >= 11 is 2.29. The molecule has 1 aliphatic rings. The van der Waals surface area contributed by atoms with Crippen molar-refractivity contribution >= 4 is 28.3 Å². The van der Waals surface area contributed by atoms with Crippen LogP contribution in [0.4, 0.5) is 5.69 Å². The summed E-state index contributed by atoms with van der Waals surface area (Å²) in [6.07, 6.45) is 0. The first-order valence-electron chi connectivity index (χ1n) is 6.03. The van der Waals surface area contributed by atoms with Gasteiger partial charge in [0.05, 0.1) is 0 Å². The molecule has 0 saturated carbocycles. The monoisotopic (exact) mass is 351 g/mol. The van der Waals surface area contributed by atoms with Gasteiger partial charge < -0.3 is 9.64 Å². The van der Waals surface area contributed by atoms with Crippen molar-refractivity contribution in [1.82, 2.24) is 0 Å². The molecule has 3 rings (SSSR count). The Morgan fingerprint density at radius 2 is 1.83 bits per heavy atom. The summed E-state index contributed by atoms with van der Waals surface area (Å²) in [6.45, 7) is 2.99. The highest BCUT2D eigenvalue weighted by atomic mass is 127. The maximum atomic E-state index is 5.78. The van der Waals surface area contributed by atoms with Crippen LogP contribution in [0.5, 0.6) is 5.75 Å². The molecular weight excluding hydrogens is 337 g/mol. The van der Waals surface area contributed by atoms with E-state index in [4.69, 9.17) is 4.74 Å². The maximum Gasteiger partial charge on any atom is 0.119 e. The van der Waals surface area contributed by atoms with Crippen LogP contribution in [0, 0.1) is 3.57 Å². The second-order valence-electron chi connectivity index (χ2n) is 4.40. The van der Waals surface area contributed by atoms with Crippen LogP contribution >= 0.6 is 22.6 Å². The van der Waals surface area contributed by atoms with Gasteiger partial charge in [-0.1, -0.05) is 12.1 Å². The molecule has 0 atom stereocenters. The molecule has 0 aliphatic carbocycles. The number of nitrogens with zero attached hydrogens (tertiary/aromatic N) is 1. The van der Waals surface area contributed by atoms with Gasteiger partial charge in [0.1, 0.15) is 12.4 Å². The van der Waals surface area contributed by atoms with Crippen molar-refractivity contribution < 1.29 is 4.74 Å². The Morgan fingerprint density at radius 1 is 1.06 bits per heavy atom. The summed E-state index contributed by atoms with van der Waals surface area (Å²) in [4.78, 5) is 2.34. The van der Waals surface area contributed by atoms with Crippen molar-refractivity contribution in [2.24, 2.45) is 0 Å². The maximum absolute atomic E-state index is 5.78. The molecule has 0 unspecified atom stereocenters. The van der Waals surface area contributed by atoms with Gasteiger partial charge in [0.15, 0.2) is 0 Å². The first kappa shape index (κ1) is 11.8. The van der Waals surface area contributed by atoms with Crippen molar-refractivity contribution in [3.63, 3.8) is 0 Å². The third-order valence-corrected chi connectivity index (χ3v) is 3.66. The largest absolute Gasteiger partial charge is 0.489 e. The number of halogens is 1. The van der Waals surface area contributed by atoms with Gasteiger partial charge in [-0.25, -0.2) is 0 Å². The molecule has 1 fully saturated rings. The minimum atomic E-state index is 0.627.